The maximum Gasteiger partial charge on any atom is 0.231 e. The zero-order valence-electron chi connectivity index (χ0n) is 11.0. The Morgan fingerprint density at radius 2 is 2.20 bits per heavy atom. The highest BCUT2D eigenvalue weighted by atomic mass is 16.5. The van der Waals surface area contributed by atoms with Gasteiger partial charge in [-0.05, 0) is 25.5 Å². The molecule has 0 saturated carbocycles. The third kappa shape index (κ3) is 1.91. The fourth-order valence-corrected chi connectivity index (χ4v) is 2.72. The van der Waals surface area contributed by atoms with E-state index < -0.39 is 0 Å². The van der Waals surface area contributed by atoms with E-state index in [0.717, 1.165) is 48.4 Å². The molecule has 1 saturated heterocycles. The van der Waals surface area contributed by atoms with Crippen molar-refractivity contribution in [2.24, 2.45) is 0 Å². The van der Waals surface area contributed by atoms with Crippen molar-refractivity contribution in [3.8, 4) is 11.4 Å². The van der Waals surface area contributed by atoms with Crippen molar-refractivity contribution >= 4 is 11.0 Å². The molecule has 3 aromatic rings. The number of rotatable bonds is 2. The van der Waals surface area contributed by atoms with Gasteiger partial charge in [0.15, 0.2) is 0 Å². The minimum atomic E-state index is 0.322. The first-order valence-electron chi connectivity index (χ1n) is 6.93. The largest absolute Gasteiger partial charge is 0.464 e. The molecule has 20 heavy (non-hydrogen) atoms. The third-order valence-corrected chi connectivity index (χ3v) is 3.81. The molecule has 1 fully saturated rings. The van der Waals surface area contributed by atoms with Crippen LogP contribution in [0.15, 0.2) is 39.5 Å². The van der Waals surface area contributed by atoms with E-state index in [1.165, 1.54) is 0 Å². The molecule has 1 N–H and O–H groups in total. The van der Waals surface area contributed by atoms with Crippen molar-refractivity contribution < 1.29 is 8.94 Å². The summed E-state index contributed by atoms with van der Waals surface area (Å²) in [6, 6.07) is 7.87. The Hall–Kier alpha value is -2.14. The SMILES string of the molecule is c1ccc2c(-c3noc([C@@H]4CCCNC4)n3)coc2c1. The topological polar surface area (TPSA) is 64.1 Å². The van der Waals surface area contributed by atoms with Crippen LogP contribution in [0.3, 0.4) is 0 Å². The summed E-state index contributed by atoms with van der Waals surface area (Å²) in [4.78, 5) is 4.55. The Labute approximate surface area is 116 Å². The molecule has 0 spiro atoms. The number of nitrogens with one attached hydrogen (secondary N) is 1. The van der Waals surface area contributed by atoms with Crippen LogP contribution in [-0.4, -0.2) is 23.2 Å². The Kier molecular flexibility index (Phi) is 2.77. The summed E-state index contributed by atoms with van der Waals surface area (Å²) in [5.74, 6) is 1.65. The number of hydrogen-bond donors (Lipinski definition) is 1. The van der Waals surface area contributed by atoms with E-state index in [0.29, 0.717) is 11.7 Å². The Morgan fingerprint density at radius 1 is 1.25 bits per heavy atom. The highest BCUT2D eigenvalue weighted by molar-refractivity contribution is 5.91. The van der Waals surface area contributed by atoms with Crippen molar-refractivity contribution in [3.05, 3.63) is 36.4 Å². The van der Waals surface area contributed by atoms with Gasteiger partial charge in [-0.25, -0.2) is 0 Å². The van der Waals surface area contributed by atoms with Gasteiger partial charge in [-0.15, -0.1) is 0 Å². The van der Waals surface area contributed by atoms with Crippen molar-refractivity contribution in [1.29, 1.82) is 0 Å². The lowest BCUT2D eigenvalue weighted by Crippen LogP contribution is -2.28. The van der Waals surface area contributed by atoms with E-state index in [9.17, 15) is 0 Å². The minimum absolute atomic E-state index is 0.322. The van der Waals surface area contributed by atoms with Gasteiger partial charge in [0.2, 0.25) is 11.7 Å². The Morgan fingerprint density at radius 3 is 3.10 bits per heavy atom. The van der Waals surface area contributed by atoms with E-state index in [-0.39, 0.29) is 0 Å². The van der Waals surface area contributed by atoms with Crippen molar-refractivity contribution in [3.63, 3.8) is 0 Å². The number of aromatic nitrogens is 2. The van der Waals surface area contributed by atoms with Gasteiger partial charge < -0.3 is 14.3 Å². The van der Waals surface area contributed by atoms with Gasteiger partial charge in [0.05, 0.1) is 11.5 Å². The molecule has 0 unspecified atom stereocenters. The average Bonchev–Trinajstić information content (AvgIpc) is 3.14. The van der Waals surface area contributed by atoms with Crippen LogP contribution in [0, 0.1) is 0 Å². The molecule has 0 amide bonds. The number of para-hydroxylation sites is 1. The molecule has 1 atom stereocenters. The normalized spacial score (nSPS) is 19.5. The lowest BCUT2D eigenvalue weighted by atomic mass is 10.00. The van der Waals surface area contributed by atoms with Crippen LogP contribution < -0.4 is 5.32 Å². The number of benzene rings is 1. The molecule has 5 heteroatoms. The maximum absolute atomic E-state index is 5.52. The summed E-state index contributed by atoms with van der Waals surface area (Å²) >= 11 is 0. The number of hydrogen-bond acceptors (Lipinski definition) is 5. The Bertz CT molecular complexity index is 725. The van der Waals surface area contributed by atoms with Crippen molar-refractivity contribution in [1.82, 2.24) is 15.5 Å². The third-order valence-electron chi connectivity index (χ3n) is 3.81. The quantitative estimate of drug-likeness (QED) is 0.775. The summed E-state index contributed by atoms with van der Waals surface area (Å²) < 4.78 is 11.0. The monoisotopic (exact) mass is 269 g/mol. The molecule has 0 bridgehead atoms. The predicted molar refractivity (Wildman–Crippen MR) is 74.4 cm³/mol. The molecule has 5 nitrogen and oxygen atoms in total. The van der Waals surface area contributed by atoms with Crippen molar-refractivity contribution in [2.75, 3.05) is 13.1 Å². The average molecular weight is 269 g/mol. The van der Waals surface area contributed by atoms with E-state index in [2.05, 4.69) is 15.5 Å². The van der Waals surface area contributed by atoms with Crippen LogP contribution >= 0.6 is 0 Å². The second kappa shape index (κ2) is 4.76. The molecule has 4 rings (SSSR count). The minimum Gasteiger partial charge on any atom is -0.464 e. The molecular weight excluding hydrogens is 254 g/mol. The number of nitrogens with zero attached hydrogens (tertiary/aromatic N) is 2. The molecule has 2 aromatic heterocycles. The zero-order valence-corrected chi connectivity index (χ0v) is 11.0. The lowest BCUT2D eigenvalue weighted by Gasteiger charge is -2.18. The summed E-state index contributed by atoms with van der Waals surface area (Å²) in [5.41, 5.74) is 1.73. The first kappa shape index (κ1) is 11.7. The molecular formula is C15H15N3O2. The van der Waals surface area contributed by atoms with Gasteiger partial charge in [-0.1, -0.05) is 23.4 Å². The van der Waals surface area contributed by atoms with E-state index >= 15 is 0 Å². The van der Waals surface area contributed by atoms with Crippen LogP contribution in [0.25, 0.3) is 22.4 Å². The summed E-state index contributed by atoms with van der Waals surface area (Å²) in [6.45, 7) is 1.98. The molecule has 1 aliphatic heterocycles. The van der Waals surface area contributed by atoms with Gasteiger partial charge in [0.25, 0.3) is 0 Å². The maximum atomic E-state index is 5.52. The molecule has 1 aliphatic rings. The molecule has 3 heterocycles. The first-order valence-corrected chi connectivity index (χ1v) is 6.93. The molecule has 0 radical (unpaired) electrons. The fraction of sp³-hybridized carbons (Fsp3) is 0.333. The standard InChI is InChI=1S/C15H15N3O2/c1-2-6-13-11(5-1)12(9-19-13)14-17-15(20-18-14)10-4-3-7-16-8-10/h1-2,5-6,9-10,16H,3-4,7-8H2/t10-/m1/s1. The predicted octanol–water partition coefficient (Wildman–Crippen LogP) is 2.95. The van der Waals surface area contributed by atoms with Crippen LogP contribution in [0.1, 0.15) is 24.7 Å². The summed E-state index contributed by atoms with van der Waals surface area (Å²) in [7, 11) is 0. The molecule has 1 aromatic carbocycles. The van der Waals surface area contributed by atoms with E-state index in [1.54, 1.807) is 6.26 Å². The van der Waals surface area contributed by atoms with Gasteiger partial charge in [0, 0.05) is 11.9 Å². The summed E-state index contributed by atoms with van der Waals surface area (Å²) in [5, 5.41) is 8.49. The summed E-state index contributed by atoms with van der Waals surface area (Å²) in [6.07, 6.45) is 3.94. The first-order chi connectivity index (χ1) is 9.92. The van der Waals surface area contributed by atoms with Crippen LogP contribution in [0.4, 0.5) is 0 Å². The lowest BCUT2D eigenvalue weighted by molar-refractivity contribution is 0.322. The van der Waals surface area contributed by atoms with Gasteiger partial charge in [-0.2, -0.15) is 4.98 Å². The van der Waals surface area contributed by atoms with E-state index in [4.69, 9.17) is 8.94 Å². The molecule has 102 valence electrons. The van der Waals surface area contributed by atoms with Crippen LogP contribution in [0.5, 0.6) is 0 Å². The van der Waals surface area contributed by atoms with Gasteiger partial charge in [-0.3, -0.25) is 0 Å². The van der Waals surface area contributed by atoms with Gasteiger partial charge in [0.1, 0.15) is 11.8 Å². The van der Waals surface area contributed by atoms with Gasteiger partial charge >= 0.3 is 0 Å². The van der Waals surface area contributed by atoms with Crippen LogP contribution in [-0.2, 0) is 0 Å². The second-order valence-electron chi connectivity index (χ2n) is 5.15. The number of fused-ring (bicyclic) bond motifs is 1. The highest BCUT2D eigenvalue weighted by Crippen LogP contribution is 2.30. The van der Waals surface area contributed by atoms with E-state index in [1.807, 2.05) is 24.3 Å². The molecule has 0 aliphatic carbocycles. The van der Waals surface area contributed by atoms with Crippen LogP contribution in [0.2, 0.25) is 0 Å². The fourth-order valence-electron chi connectivity index (χ4n) is 2.72. The Balaban J connectivity index is 1.70. The number of furan rings is 1. The highest BCUT2D eigenvalue weighted by Gasteiger charge is 2.22. The zero-order chi connectivity index (χ0) is 13.4. The number of piperidine rings is 1. The smallest absolute Gasteiger partial charge is 0.231 e. The van der Waals surface area contributed by atoms with Crippen molar-refractivity contribution in [2.45, 2.75) is 18.8 Å². The second-order valence-corrected chi connectivity index (χ2v) is 5.15.